The van der Waals surface area contributed by atoms with E-state index in [1.54, 1.807) is 6.92 Å². The number of alkyl carbamates (subject to hydrolysis) is 1. The Morgan fingerprint density at radius 3 is 2.43 bits per heavy atom. The largest absolute Gasteiger partial charge is 0.450 e. The molecule has 1 amide bonds. The third-order valence-electron chi connectivity index (χ3n) is 1.16. The number of halogens is 3. The monoisotopic (exact) mass is 279 g/mol. The highest BCUT2D eigenvalue weighted by Crippen LogP contribution is 2.35. The lowest BCUT2D eigenvalue weighted by Gasteiger charge is -2.23. The summed E-state index contributed by atoms with van der Waals surface area (Å²) >= 11 is 18.3. The zero-order valence-electron chi connectivity index (χ0n) is 7.85. The number of carbonyl (C=O) groups is 1. The van der Waals surface area contributed by atoms with Gasteiger partial charge in [-0.05, 0) is 12.7 Å². The van der Waals surface area contributed by atoms with Gasteiger partial charge in [0.1, 0.15) is 5.37 Å². The number of rotatable bonds is 4. The van der Waals surface area contributed by atoms with Crippen LogP contribution in [0.15, 0.2) is 0 Å². The summed E-state index contributed by atoms with van der Waals surface area (Å²) in [7, 11) is 0. The highest BCUT2D eigenvalue weighted by atomic mass is 35.6. The molecular weight excluding hydrogens is 269 g/mol. The standard InChI is InChI=1S/C7H12Cl3NO2S/c1-3-13-6(12)11-5(14-4-2)7(8,9)10/h5H,3-4H2,1-2H3,(H,11,12)/t5-/m1/s1. The third kappa shape index (κ3) is 6.06. The second-order valence-corrected chi connectivity index (χ2v) is 5.99. The van der Waals surface area contributed by atoms with Crippen LogP contribution in [-0.2, 0) is 4.74 Å². The van der Waals surface area contributed by atoms with E-state index in [2.05, 4.69) is 10.1 Å². The van der Waals surface area contributed by atoms with E-state index in [0.717, 1.165) is 5.75 Å². The van der Waals surface area contributed by atoms with Crippen LogP contribution in [0.2, 0.25) is 0 Å². The number of hydrogen-bond acceptors (Lipinski definition) is 3. The number of carbonyl (C=O) groups excluding carboxylic acids is 1. The molecule has 0 spiro atoms. The van der Waals surface area contributed by atoms with Gasteiger partial charge in [-0.2, -0.15) is 0 Å². The predicted molar refractivity (Wildman–Crippen MR) is 62.4 cm³/mol. The van der Waals surface area contributed by atoms with E-state index in [1.165, 1.54) is 11.8 Å². The van der Waals surface area contributed by atoms with E-state index in [4.69, 9.17) is 34.8 Å². The van der Waals surface area contributed by atoms with Gasteiger partial charge < -0.3 is 10.1 Å². The maximum absolute atomic E-state index is 11.1. The first-order chi connectivity index (χ1) is 6.41. The fourth-order valence-electron chi connectivity index (χ4n) is 0.664. The second kappa shape index (κ2) is 6.88. The normalized spacial score (nSPS) is 13.5. The Hall–Kier alpha value is 0.490. The van der Waals surface area contributed by atoms with Crippen LogP contribution in [0.3, 0.4) is 0 Å². The van der Waals surface area contributed by atoms with Crippen molar-refractivity contribution in [1.82, 2.24) is 5.32 Å². The molecule has 0 aliphatic heterocycles. The summed E-state index contributed by atoms with van der Waals surface area (Å²) in [5, 5.41) is 1.86. The van der Waals surface area contributed by atoms with E-state index < -0.39 is 15.3 Å². The minimum Gasteiger partial charge on any atom is -0.450 e. The van der Waals surface area contributed by atoms with Crippen LogP contribution in [0.25, 0.3) is 0 Å². The lowest BCUT2D eigenvalue weighted by atomic mass is 10.7. The highest BCUT2D eigenvalue weighted by Gasteiger charge is 2.34. The Balaban J connectivity index is 4.16. The van der Waals surface area contributed by atoms with Gasteiger partial charge in [0.15, 0.2) is 0 Å². The molecule has 0 saturated heterocycles. The zero-order valence-corrected chi connectivity index (χ0v) is 10.9. The first-order valence-electron chi connectivity index (χ1n) is 4.03. The van der Waals surface area contributed by atoms with Gasteiger partial charge >= 0.3 is 6.09 Å². The Kier molecular flexibility index (Phi) is 7.12. The SMILES string of the molecule is CCOC(=O)N[C@H](SCC)C(Cl)(Cl)Cl. The molecule has 7 heteroatoms. The molecule has 1 atom stereocenters. The minimum absolute atomic E-state index is 0.287. The summed E-state index contributed by atoms with van der Waals surface area (Å²) < 4.78 is 3.14. The molecule has 3 nitrogen and oxygen atoms in total. The van der Waals surface area contributed by atoms with Gasteiger partial charge in [0.05, 0.1) is 6.61 Å². The number of hydrogen-bond donors (Lipinski definition) is 1. The number of alkyl halides is 3. The van der Waals surface area contributed by atoms with Crippen LogP contribution in [0.4, 0.5) is 4.79 Å². The van der Waals surface area contributed by atoms with Crippen LogP contribution in [0.1, 0.15) is 13.8 Å². The van der Waals surface area contributed by atoms with Crippen LogP contribution < -0.4 is 5.32 Å². The van der Waals surface area contributed by atoms with Gasteiger partial charge in [0.2, 0.25) is 3.79 Å². The third-order valence-corrected chi connectivity index (χ3v) is 3.34. The minimum atomic E-state index is -1.53. The van der Waals surface area contributed by atoms with Gasteiger partial charge in [-0.1, -0.05) is 41.7 Å². The molecule has 0 radical (unpaired) electrons. The summed E-state index contributed by atoms with van der Waals surface area (Å²) in [6, 6.07) is 0. The molecule has 0 aliphatic carbocycles. The number of nitrogens with one attached hydrogen (secondary N) is 1. The summed E-state index contributed by atoms with van der Waals surface area (Å²) in [5.74, 6) is 0.727. The molecule has 0 aromatic heterocycles. The second-order valence-electron chi connectivity index (χ2n) is 2.24. The first kappa shape index (κ1) is 14.5. The quantitative estimate of drug-likeness (QED) is 0.635. The van der Waals surface area contributed by atoms with Gasteiger partial charge in [-0.15, -0.1) is 11.8 Å². The van der Waals surface area contributed by atoms with Crippen molar-refractivity contribution in [3.63, 3.8) is 0 Å². The van der Waals surface area contributed by atoms with E-state index in [0.29, 0.717) is 0 Å². The Bertz CT molecular complexity index is 186. The predicted octanol–water partition coefficient (Wildman–Crippen LogP) is 3.18. The average molecular weight is 281 g/mol. The Morgan fingerprint density at radius 1 is 1.50 bits per heavy atom. The molecule has 0 heterocycles. The van der Waals surface area contributed by atoms with Crippen LogP contribution in [0.5, 0.6) is 0 Å². The number of thioether (sulfide) groups is 1. The van der Waals surface area contributed by atoms with E-state index in [-0.39, 0.29) is 6.61 Å². The Labute approximate surface area is 103 Å². The molecule has 1 N–H and O–H groups in total. The summed E-state index contributed by atoms with van der Waals surface area (Å²) in [5.41, 5.74) is 0. The van der Waals surface area contributed by atoms with E-state index in [1.807, 2.05) is 6.92 Å². The van der Waals surface area contributed by atoms with E-state index >= 15 is 0 Å². The lowest BCUT2D eigenvalue weighted by molar-refractivity contribution is 0.151. The summed E-state index contributed by atoms with van der Waals surface area (Å²) in [6.07, 6.45) is -0.579. The fraction of sp³-hybridized carbons (Fsp3) is 0.857. The van der Waals surface area contributed by atoms with Crippen molar-refractivity contribution in [2.24, 2.45) is 0 Å². The molecule has 0 rings (SSSR count). The molecule has 0 unspecified atom stereocenters. The maximum Gasteiger partial charge on any atom is 0.408 e. The van der Waals surface area contributed by atoms with Crippen molar-refractivity contribution in [3.05, 3.63) is 0 Å². The lowest BCUT2D eigenvalue weighted by Crippen LogP contribution is -2.41. The van der Waals surface area contributed by atoms with Gasteiger partial charge in [0, 0.05) is 0 Å². The molecule has 0 aliphatic rings. The molecule has 0 aromatic carbocycles. The molecule has 0 fully saturated rings. The molecule has 84 valence electrons. The summed E-state index contributed by atoms with van der Waals surface area (Å²) in [4.78, 5) is 11.1. The van der Waals surface area contributed by atoms with Crippen molar-refractivity contribution >= 4 is 52.7 Å². The van der Waals surface area contributed by atoms with Gasteiger partial charge in [-0.3, -0.25) is 0 Å². The first-order valence-corrected chi connectivity index (χ1v) is 6.21. The molecule has 14 heavy (non-hydrogen) atoms. The fourth-order valence-corrected chi connectivity index (χ4v) is 2.10. The Morgan fingerprint density at radius 2 is 2.07 bits per heavy atom. The number of ether oxygens (including phenoxy) is 1. The average Bonchev–Trinajstić information content (AvgIpc) is 2.02. The topological polar surface area (TPSA) is 38.3 Å². The van der Waals surface area contributed by atoms with Crippen molar-refractivity contribution in [2.45, 2.75) is 23.0 Å². The van der Waals surface area contributed by atoms with Crippen LogP contribution >= 0.6 is 46.6 Å². The van der Waals surface area contributed by atoms with Crippen molar-refractivity contribution in [3.8, 4) is 0 Å². The molecule has 0 aromatic rings. The maximum atomic E-state index is 11.1. The van der Waals surface area contributed by atoms with Crippen molar-refractivity contribution < 1.29 is 9.53 Å². The zero-order chi connectivity index (χ0) is 11.2. The van der Waals surface area contributed by atoms with E-state index in [9.17, 15) is 4.79 Å². The van der Waals surface area contributed by atoms with Crippen LogP contribution in [0, 0.1) is 0 Å². The van der Waals surface area contributed by atoms with Gasteiger partial charge in [-0.25, -0.2) is 4.79 Å². The molecular formula is C7H12Cl3NO2S. The smallest absolute Gasteiger partial charge is 0.408 e. The van der Waals surface area contributed by atoms with Crippen molar-refractivity contribution in [2.75, 3.05) is 12.4 Å². The number of amides is 1. The van der Waals surface area contributed by atoms with Gasteiger partial charge in [0.25, 0.3) is 0 Å². The summed E-state index contributed by atoms with van der Waals surface area (Å²) in [6.45, 7) is 3.90. The molecule has 0 saturated carbocycles. The van der Waals surface area contributed by atoms with Crippen molar-refractivity contribution in [1.29, 1.82) is 0 Å². The molecule has 0 bridgehead atoms. The highest BCUT2D eigenvalue weighted by molar-refractivity contribution is 8.00. The van der Waals surface area contributed by atoms with Crippen LogP contribution in [-0.4, -0.2) is 27.6 Å².